The zero-order valence-electron chi connectivity index (χ0n) is 11.4. The molecule has 3 fully saturated rings. The van der Waals surface area contributed by atoms with E-state index in [1.54, 1.807) is 12.1 Å². The van der Waals surface area contributed by atoms with Crippen molar-refractivity contribution >= 4 is 15.9 Å². The number of benzene rings is 1. The molecule has 5 unspecified atom stereocenters. The summed E-state index contributed by atoms with van der Waals surface area (Å²) in [6.07, 6.45) is 5.10. The van der Waals surface area contributed by atoms with Gasteiger partial charge in [0, 0.05) is 10.5 Å². The van der Waals surface area contributed by atoms with Crippen LogP contribution in [0.4, 0.5) is 4.39 Å². The SMILES string of the molecule is NNC(Cc1cc(F)ccc1Br)C1C2C3CCC(C3)C21. The lowest BCUT2D eigenvalue weighted by molar-refractivity contribution is 0.364. The molecule has 0 amide bonds. The Kier molecular flexibility index (Phi) is 3.17. The highest BCUT2D eigenvalue weighted by atomic mass is 79.9. The first-order chi connectivity index (χ1) is 9.69. The summed E-state index contributed by atoms with van der Waals surface area (Å²) in [5.41, 5.74) is 4.03. The Hall–Kier alpha value is -0.450. The monoisotopic (exact) mass is 338 g/mol. The van der Waals surface area contributed by atoms with Gasteiger partial charge >= 0.3 is 0 Å². The molecule has 1 aromatic carbocycles. The third kappa shape index (κ3) is 1.96. The molecule has 4 heteroatoms. The Morgan fingerprint density at radius 3 is 2.65 bits per heavy atom. The number of nitrogens with two attached hydrogens (primary N) is 1. The summed E-state index contributed by atoms with van der Waals surface area (Å²) < 4.78 is 14.4. The number of hydrogen-bond acceptors (Lipinski definition) is 2. The molecular formula is C16H20BrFN2. The molecule has 108 valence electrons. The molecule has 3 N–H and O–H groups in total. The highest BCUT2D eigenvalue weighted by molar-refractivity contribution is 9.10. The molecule has 2 nitrogen and oxygen atoms in total. The van der Waals surface area contributed by atoms with Gasteiger partial charge in [-0.05, 0) is 79.0 Å². The zero-order valence-corrected chi connectivity index (χ0v) is 12.9. The maximum atomic E-state index is 13.4. The van der Waals surface area contributed by atoms with Crippen LogP contribution in [-0.4, -0.2) is 6.04 Å². The lowest BCUT2D eigenvalue weighted by atomic mass is 9.93. The van der Waals surface area contributed by atoms with Gasteiger partial charge in [-0.15, -0.1) is 0 Å². The van der Waals surface area contributed by atoms with Crippen molar-refractivity contribution in [1.29, 1.82) is 0 Å². The van der Waals surface area contributed by atoms with Crippen LogP contribution in [0, 0.1) is 35.4 Å². The van der Waals surface area contributed by atoms with Crippen molar-refractivity contribution in [2.24, 2.45) is 35.4 Å². The Morgan fingerprint density at radius 2 is 2.00 bits per heavy atom. The van der Waals surface area contributed by atoms with E-state index in [2.05, 4.69) is 21.4 Å². The van der Waals surface area contributed by atoms with Crippen molar-refractivity contribution in [3.8, 4) is 0 Å². The van der Waals surface area contributed by atoms with Crippen LogP contribution >= 0.6 is 15.9 Å². The Labute approximate surface area is 127 Å². The minimum Gasteiger partial charge on any atom is -0.271 e. The quantitative estimate of drug-likeness (QED) is 0.653. The second kappa shape index (κ2) is 4.79. The molecule has 2 bridgehead atoms. The van der Waals surface area contributed by atoms with Gasteiger partial charge in [0.2, 0.25) is 0 Å². The van der Waals surface area contributed by atoms with Crippen LogP contribution in [0.3, 0.4) is 0 Å². The van der Waals surface area contributed by atoms with Gasteiger partial charge in [-0.2, -0.15) is 0 Å². The fourth-order valence-electron chi connectivity index (χ4n) is 5.17. The van der Waals surface area contributed by atoms with Gasteiger partial charge in [-0.3, -0.25) is 11.3 Å². The first-order valence-corrected chi connectivity index (χ1v) is 8.38. The number of nitrogens with one attached hydrogen (secondary N) is 1. The predicted octanol–water partition coefficient (Wildman–Crippen LogP) is 3.25. The first kappa shape index (κ1) is 13.2. The van der Waals surface area contributed by atoms with E-state index in [1.807, 2.05) is 0 Å². The molecule has 0 saturated heterocycles. The van der Waals surface area contributed by atoms with Crippen molar-refractivity contribution < 1.29 is 4.39 Å². The van der Waals surface area contributed by atoms with Gasteiger partial charge in [0.25, 0.3) is 0 Å². The molecule has 4 rings (SSSR count). The van der Waals surface area contributed by atoms with Crippen molar-refractivity contribution in [3.05, 3.63) is 34.1 Å². The van der Waals surface area contributed by atoms with Crippen LogP contribution < -0.4 is 11.3 Å². The molecule has 0 aliphatic heterocycles. The summed E-state index contributed by atoms with van der Waals surface area (Å²) in [4.78, 5) is 0. The van der Waals surface area contributed by atoms with Gasteiger partial charge in [0.15, 0.2) is 0 Å². The summed E-state index contributed by atoms with van der Waals surface area (Å²) in [6.45, 7) is 0. The molecule has 3 aliphatic carbocycles. The summed E-state index contributed by atoms with van der Waals surface area (Å²) in [7, 11) is 0. The van der Waals surface area contributed by atoms with E-state index in [0.29, 0.717) is 5.92 Å². The van der Waals surface area contributed by atoms with Crippen molar-refractivity contribution in [3.63, 3.8) is 0 Å². The fourth-order valence-corrected chi connectivity index (χ4v) is 5.58. The van der Waals surface area contributed by atoms with E-state index in [0.717, 1.165) is 40.1 Å². The van der Waals surface area contributed by atoms with Crippen molar-refractivity contribution in [1.82, 2.24) is 5.43 Å². The third-order valence-electron chi connectivity index (χ3n) is 5.92. The molecule has 3 saturated carbocycles. The average Bonchev–Trinajstić information content (AvgIpc) is 2.87. The van der Waals surface area contributed by atoms with E-state index in [-0.39, 0.29) is 11.9 Å². The van der Waals surface area contributed by atoms with Crippen LogP contribution in [0.1, 0.15) is 24.8 Å². The van der Waals surface area contributed by atoms with Crippen LogP contribution in [0.25, 0.3) is 0 Å². The molecule has 0 radical (unpaired) electrons. The summed E-state index contributed by atoms with van der Waals surface area (Å²) in [5, 5.41) is 0. The minimum absolute atomic E-state index is 0.171. The van der Waals surface area contributed by atoms with Crippen LogP contribution in [-0.2, 0) is 6.42 Å². The predicted molar refractivity (Wildman–Crippen MR) is 80.2 cm³/mol. The summed E-state index contributed by atoms with van der Waals surface area (Å²) >= 11 is 3.52. The van der Waals surface area contributed by atoms with Crippen LogP contribution in [0.5, 0.6) is 0 Å². The Bertz CT molecular complexity index is 519. The van der Waals surface area contributed by atoms with Crippen molar-refractivity contribution in [2.75, 3.05) is 0 Å². The maximum absolute atomic E-state index is 13.4. The van der Waals surface area contributed by atoms with Gasteiger partial charge < -0.3 is 0 Å². The molecule has 20 heavy (non-hydrogen) atoms. The molecule has 3 aliphatic rings. The standard InChI is InChI=1S/C16H20BrFN2/c17-12-4-3-11(18)6-10(12)7-13(20-19)16-14-8-1-2-9(5-8)15(14)16/h3-4,6,8-9,13-16,20H,1-2,5,7,19H2. The second-order valence-electron chi connectivity index (χ2n) is 6.78. The highest BCUT2D eigenvalue weighted by Crippen LogP contribution is 2.70. The van der Waals surface area contributed by atoms with E-state index in [9.17, 15) is 4.39 Å². The van der Waals surface area contributed by atoms with E-state index in [4.69, 9.17) is 5.84 Å². The van der Waals surface area contributed by atoms with Gasteiger partial charge in [-0.25, -0.2) is 4.39 Å². The molecule has 0 spiro atoms. The number of rotatable bonds is 4. The number of hydrogen-bond donors (Lipinski definition) is 2. The molecule has 5 atom stereocenters. The molecule has 1 aromatic rings. The number of hydrazine groups is 1. The normalized spacial score (nSPS) is 38.9. The smallest absolute Gasteiger partial charge is 0.123 e. The lowest BCUT2D eigenvalue weighted by Crippen LogP contribution is -2.40. The van der Waals surface area contributed by atoms with Crippen LogP contribution in [0.2, 0.25) is 0 Å². The Morgan fingerprint density at radius 1 is 1.30 bits per heavy atom. The van der Waals surface area contributed by atoms with Gasteiger partial charge in [0.1, 0.15) is 5.82 Å². The minimum atomic E-state index is -0.171. The fraction of sp³-hybridized carbons (Fsp3) is 0.625. The first-order valence-electron chi connectivity index (χ1n) is 7.59. The van der Waals surface area contributed by atoms with Crippen molar-refractivity contribution in [2.45, 2.75) is 31.7 Å². The topological polar surface area (TPSA) is 38.0 Å². The molecular weight excluding hydrogens is 319 g/mol. The Balaban J connectivity index is 1.51. The number of halogens is 2. The van der Waals surface area contributed by atoms with E-state index in [1.165, 1.54) is 25.3 Å². The van der Waals surface area contributed by atoms with E-state index < -0.39 is 0 Å². The lowest BCUT2D eigenvalue weighted by Gasteiger charge is -2.20. The highest BCUT2D eigenvalue weighted by Gasteiger charge is 2.66. The average molecular weight is 339 g/mol. The largest absolute Gasteiger partial charge is 0.271 e. The molecule has 0 aromatic heterocycles. The zero-order chi connectivity index (χ0) is 13.9. The van der Waals surface area contributed by atoms with Crippen LogP contribution in [0.15, 0.2) is 22.7 Å². The summed E-state index contributed by atoms with van der Waals surface area (Å²) in [6, 6.07) is 5.19. The number of fused-ring (bicyclic) bond motifs is 5. The van der Waals surface area contributed by atoms with Gasteiger partial charge in [-0.1, -0.05) is 15.9 Å². The summed E-state index contributed by atoms with van der Waals surface area (Å²) in [5.74, 6) is 10.0. The van der Waals surface area contributed by atoms with Gasteiger partial charge in [0.05, 0.1) is 0 Å². The third-order valence-corrected chi connectivity index (χ3v) is 6.69. The maximum Gasteiger partial charge on any atom is 0.123 e. The van der Waals surface area contributed by atoms with E-state index >= 15 is 0 Å². The second-order valence-corrected chi connectivity index (χ2v) is 7.63. The molecule has 0 heterocycles.